The van der Waals surface area contributed by atoms with Crippen molar-refractivity contribution in [2.45, 2.75) is 33.3 Å². The van der Waals surface area contributed by atoms with Crippen LogP contribution in [0.25, 0.3) is 0 Å². The van der Waals surface area contributed by atoms with E-state index >= 15 is 0 Å². The van der Waals surface area contributed by atoms with Crippen LogP contribution < -0.4 is 0 Å². The normalized spacial score (nSPS) is 23.7. The molecule has 0 unspecified atom stereocenters. The molecular formula is C10H19NO2. The van der Waals surface area contributed by atoms with Gasteiger partial charge < -0.3 is 9.64 Å². The van der Waals surface area contributed by atoms with Crippen LogP contribution in [0.5, 0.6) is 0 Å². The maximum Gasteiger partial charge on any atom is 0.228 e. The number of hydrogen-bond donors (Lipinski definition) is 0. The smallest absolute Gasteiger partial charge is 0.228 e. The predicted octanol–water partition coefficient (Wildman–Crippen LogP) is 1.28. The van der Waals surface area contributed by atoms with Crippen LogP contribution >= 0.6 is 0 Å². The molecule has 1 atom stereocenters. The van der Waals surface area contributed by atoms with Gasteiger partial charge in [-0.15, -0.1) is 0 Å². The average Bonchev–Trinajstić information content (AvgIpc) is 2.48. The van der Waals surface area contributed by atoms with E-state index in [4.69, 9.17) is 4.74 Å². The Labute approximate surface area is 80.1 Å². The number of carbonyl (C=O) groups is 1. The summed E-state index contributed by atoms with van der Waals surface area (Å²) in [5, 5.41) is 0. The van der Waals surface area contributed by atoms with Crippen molar-refractivity contribution in [1.82, 2.24) is 4.90 Å². The van der Waals surface area contributed by atoms with Crippen molar-refractivity contribution in [3.63, 3.8) is 0 Å². The Morgan fingerprint density at radius 2 is 2.08 bits per heavy atom. The third-order valence-corrected chi connectivity index (χ3v) is 2.41. The minimum absolute atomic E-state index is 0.229. The third-order valence-electron chi connectivity index (χ3n) is 2.41. The quantitative estimate of drug-likeness (QED) is 0.616. The van der Waals surface area contributed by atoms with Gasteiger partial charge in [-0.1, -0.05) is 20.8 Å². The highest BCUT2D eigenvalue weighted by Gasteiger charge is 2.32. The second kappa shape index (κ2) is 3.66. The molecule has 1 heterocycles. The van der Waals surface area contributed by atoms with Crippen LogP contribution in [0.1, 0.15) is 27.2 Å². The summed E-state index contributed by atoms with van der Waals surface area (Å²) in [6.07, 6.45) is 1.21. The van der Waals surface area contributed by atoms with Gasteiger partial charge in [-0.05, 0) is 6.42 Å². The maximum atomic E-state index is 11.8. The van der Waals surface area contributed by atoms with Crippen molar-refractivity contribution in [2.24, 2.45) is 5.41 Å². The second-order valence-corrected chi connectivity index (χ2v) is 4.65. The van der Waals surface area contributed by atoms with E-state index in [0.717, 1.165) is 19.5 Å². The van der Waals surface area contributed by atoms with Crippen molar-refractivity contribution in [3.8, 4) is 0 Å². The maximum absolute atomic E-state index is 11.8. The minimum Gasteiger partial charge on any atom is -0.380 e. The van der Waals surface area contributed by atoms with Crippen molar-refractivity contribution in [3.05, 3.63) is 0 Å². The summed E-state index contributed by atoms with van der Waals surface area (Å²) in [5.74, 6) is 0.229. The number of ether oxygens (including phenoxy) is 1. The van der Waals surface area contributed by atoms with Gasteiger partial charge in [0, 0.05) is 25.6 Å². The van der Waals surface area contributed by atoms with E-state index in [0.29, 0.717) is 0 Å². The Hall–Kier alpha value is -0.570. The summed E-state index contributed by atoms with van der Waals surface area (Å²) in [5.41, 5.74) is -0.261. The number of carbonyl (C=O) groups excluding carboxylic acids is 1. The van der Waals surface area contributed by atoms with Crippen LogP contribution in [0.3, 0.4) is 0 Å². The Kier molecular flexibility index (Phi) is 2.96. The molecule has 0 spiro atoms. The summed E-state index contributed by atoms with van der Waals surface area (Å²) in [6, 6.07) is 0. The summed E-state index contributed by atoms with van der Waals surface area (Å²) < 4.78 is 5.21. The number of hydrogen-bond acceptors (Lipinski definition) is 2. The van der Waals surface area contributed by atoms with Crippen LogP contribution in [-0.2, 0) is 9.53 Å². The standard InChI is InChI=1S/C10H19NO2/c1-10(2,3)9(12)11-6-5-8(7-11)13-4/h8H,5-7H2,1-4H3/t8-/m0/s1. The molecule has 1 saturated heterocycles. The van der Waals surface area contributed by atoms with Crippen molar-refractivity contribution >= 4 is 5.91 Å². The molecule has 0 bridgehead atoms. The fourth-order valence-electron chi connectivity index (χ4n) is 1.58. The van der Waals surface area contributed by atoms with Crippen LogP contribution in [0.2, 0.25) is 0 Å². The summed E-state index contributed by atoms with van der Waals surface area (Å²) >= 11 is 0. The molecule has 0 aliphatic carbocycles. The average molecular weight is 185 g/mol. The van der Waals surface area contributed by atoms with E-state index in [2.05, 4.69) is 0 Å². The van der Waals surface area contributed by atoms with E-state index < -0.39 is 0 Å². The van der Waals surface area contributed by atoms with Crippen molar-refractivity contribution in [1.29, 1.82) is 0 Å². The van der Waals surface area contributed by atoms with Gasteiger partial charge in [0.05, 0.1) is 6.10 Å². The Morgan fingerprint density at radius 1 is 1.46 bits per heavy atom. The number of methoxy groups -OCH3 is 1. The van der Waals surface area contributed by atoms with Crippen LogP contribution in [0, 0.1) is 5.41 Å². The van der Waals surface area contributed by atoms with Crippen LogP contribution in [0.4, 0.5) is 0 Å². The van der Waals surface area contributed by atoms with Gasteiger partial charge in [-0.25, -0.2) is 0 Å². The molecule has 0 aromatic heterocycles. The molecule has 0 aromatic carbocycles. The Balaban J connectivity index is 2.52. The number of nitrogens with zero attached hydrogens (tertiary/aromatic N) is 1. The molecule has 1 amide bonds. The lowest BCUT2D eigenvalue weighted by Gasteiger charge is -2.25. The highest BCUT2D eigenvalue weighted by atomic mass is 16.5. The lowest BCUT2D eigenvalue weighted by atomic mass is 9.95. The largest absolute Gasteiger partial charge is 0.380 e. The van der Waals surface area contributed by atoms with Gasteiger partial charge >= 0.3 is 0 Å². The minimum atomic E-state index is -0.261. The first-order valence-electron chi connectivity index (χ1n) is 4.77. The molecule has 1 aliphatic rings. The fourth-order valence-corrected chi connectivity index (χ4v) is 1.58. The van der Waals surface area contributed by atoms with Gasteiger partial charge in [0.25, 0.3) is 0 Å². The number of amides is 1. The predicted molar refractivity (Wildman–Crippen MR) is 51.4 cm³/mol. The zero-order chi connectivity index (χ0) is 10.1. The molecule has 0 N–H and O–H groups in total. The van der Waals surface area contributed by atoms with Crippen molar-refractivity contribution in [2.75, 3.05) is 20.2 Å². The Bertz CT molecular complexity index is 196. The second-order valence-electron chi connectivity index (χ2n) is 4.65. The van der Waals surface area contributed by atoms with E-state index in [1.165, 1.54) is 0 Å². The highest BCUT2D eigenvalue weighted by molar-refractivity contribution is 5.81. The first-order valence-corrected chi connectivity index (χ1v) is 4.77. The van der Waals surface area contributed by atoms with Gasteiger partial charge in [0.2, 0.25) is 5.91 Å². The Morgan fingerprint density at radius 3 is 2.46 bits per heavy atom. The van der Waals surface area contributed by atoms with E-state index in [1.54, 1.807) is 7.11 Å². The molecule has 0 saturated carbocycles. The highest BCUT2D eigenvalue weighted by Crippen LogP contribution is 2.21. The van der Waals surface area contributed by atoms with Gasteiger partial charge in [0.1, 0.15) is 0 Å². The summed E-state index contributed by atoms with van der Waals surface area (Å²) in [7, 11) is 1.70. The third kappa shape index (κ3) is 2.44. The molecular weight excluding hydrogens is 166 g/mol. The lowest BCUT2D eigenvalue weighted by Crippen LogP contribution is -2.38. The molecule has 3 nitrogen and oxygen atoms in total. The molecule has 3 heteroatoms. The monoisotopic (exact) mass is 185 g/mol. The number of rotatable bonds is 1. The van der Waals surface area contributed by atoms with Gasteiger partial charge in [-0.3, -0.25) is 4.79 Å². The molecule has 1 aliphatic heterocycles. The summed E-state index contributed by atoms with van der Waals surface area (Å²) in [6.45, 7) is 7.46. The lowest BCUT2D eigenvalue weighted by molar-refractivity contribution is -0.138. The number of likely N-dealkylation sites (tertiary alicyclic amines) is 1. The van der Waals surface area contributed by atoms with E-state index in [9.17, 15) is 4.79 Å². The molecule has 1 fully saturated rings. The van der Waals surface area contributed by atoms with E-state index in [-0.39, 0.29) is 17.4 Å². The molecule has 1 rings (SSSR count). The fraction of sp³-hybridized carbons (Fsp3) is 0.900. The van der Waals surface area contributed by atoms with Crippen LogP contribution in [-0.4, -0.2) is 37.1 Å². The van der Waals surface area contributed by atoms with Crippen molar-refractivity contribution < 1.29 is 9.53 Å². The molecule has 76 valence electrons. The van der Waals surface area contributed by atoms with Gasteiger partial charge in [-0.2, -0.15) is 0 Å². The molecule has 13 heavy (non-hydrogen) atoms. The zero-order valence-corrected chi connectivity index (χ0v) is 8.96. The van der Waals surface area contributed by atoms with Gasteiger partial charge in [0.15, 0.2) is 0 Å². The van der Waals surface area contributed by atoms with Crippen LogP contribution in [0.15, 0.2) is 0 Å². The zero-order valence-electron chi connectivity index (χ0n) is 8.96. The van der Waals surface area contributed by atoms with E-state index in [1.807, 2.05) is 25.7 Å². The molecule has 0 aromatic rings. The molecule has 0 radical (unpaired) electrons. The first-order chi connectivity index (χ1) is 5.95. The first kappa shape index (κ1) is 10.5. The topological polar surface area (TPSA) is 29.5 Å². The summed E-state index contributed by atoms with van der Waals surface area (Å²) in [4.78, 5) is 13.7. The SMILES string of the molecule is CO[C@H]1CCN(C(=O)C(C)(C)C)C1.